The third kappa shape index (κ3) is 2.52. The van der Waals surface area contributed by atoms with Crippen LogP contribution in [0.2, 0.25) is 0 Å². The number of benzene rings is 1. The molecule has 1 aromatic heterocycles. The van der Waals surface area contributed by atoms with Crippen molar-refractivity contribution in [3.05, 3.63) is 44.6 Å². The van der Waals surface area contributed by atoms with Crippen LogP contribution in [0.4, 0.5) is 0 Å². The highest BCUT2D eigenvalue weighted by molar-refractivity contribution is 7.12. The first-order chi connectivity index (χ1) is 11.7. The molecule has 0 saturated carbocycles. The van der Waals surface area contributed by atoms with E-state index in [9.17, 15) is 0 Å². The molecular weight excluding hydrogens is 318 g/mol. The Hall–Kier alpha value is -1.52. The van der Waals surface area contributed by atoms with Gasteiger partial charge in [-0.05, 0) is 42.5 Å². The van der Waals surface area contributed by atoms with Crippen LogP contribution in [0.5, 0.6) is 11.5 Å². The van der Waals surface area contributed by atoms with Gasteiger partial charge in [-0.1, -0.05) is 19.4 Å². The molecule has 24 heavy (non-hydrogen) atoms. The molecule has 2 aliphatic rings. The van der Waals surface area contributed by atoms with Crippen LogP contribution in [-0.2, 0) is 25.8 Å². The largest absolute Gasteiger partial charge is 0.493 e. The van der Waals surface area contributed by atoms with Crippen molar-refractivity contribution in [2.45, 2.75) is 45.2 Å². The van der Waals surface area contributed by atoms with Gasteiger partial charge in [0.15, 0.2) is 11.5 Å². The van der Waals surface area contributed by atoms with E-state index in [0.29, 0.717) is 6.04 Å². The first kappa shape index (κ1) is 16.0. The van der Waals surface area contributed by atoms with Crippen molar-refractivity contribution >= 4 is 11.3 Å². The smallest absolute Gasteiger partial charge is 0.165 e. The van der Waals surface area contributed by atoms with Crippen LogP contribution in [0.15, 0.2) is 18.2 Å². The molecule has 128 valence electrons. The third-order valence-electron chi connectivity index (χ3n) is 5.33. The molecule has 4 heteroatoms. The summed E-state index contributed by atoms with van der Waals surface area (Å²) in [6.07, 6.45) is 4.70. The fourth-order valence-electron chi connectivity index (χ4n) is 4.18. The number of aryl methyl sites for hydroxylation is 1. The van der Waals surface area contributed by atoms with E-state index in [1.165, 1.54) is 30.4 Å². The summed E-state index contributed by atoms with van der Waals surface area (Å²) >= 11 is 2.04. The van der Waals surface area contributed by atoms with Crippen molar-refractivity contribution < 1.29 is 9.47 Å². The second-order valence-corrected chi connectivity index (χ2v) is 7.94. The summed E-state index contributed by atoms with van der Waals surface area (Å²) < 4.78 is 11.2. The summed E-state index contributed by atoms with van der Waals surface area (Å²) in [7, 11) is 3.46. The van der Waals surface area contributed by atoms with Gasteiger partial charge in [0, 0.05) is 34.4 Å². The van der Waals surface area contributed by atoms with Crippen LogP contribution in [-0.4, -0.2) is 25.7 Å². The Morgan fingerprint density at radius 1 is 1.25 bits per heavy atom. The number of thiophene rings is 1. The van der Waals surface area contributed by atoms with Gasteiger partial charge in [-0.2, -0.15) is 0 Å². The van der Waals surface area contributed by atoms with Gasteiger partial charge in [0.2, 0.25) is 0 Å². The Labute approximate surface area is 148 Å². The molecule has 0 unspecified atom stereocenters. The third-order valence-corrected chi connectivity index (χ3v) is 6.61. The van der Waals surface area contributed by atoms with Crippen molar-refractivity contribution in [3.8, 4) is 11.5 Å². The molecule has 3 nitrogen and oxygen atoms in total. The van der Waals surface area contributed by atoms with Gasteiger partial charge in [-0.3, -0.25) is 4.90 Å². The van der Waals surface area contributed by atoms with Crippen LogP contribution in [0.1, 0.15) is 45.8 Å². The molecule has 4 rings (SSSR count). The summed E-state index contributed by atoms with van der Waals surface area (Å²) in [6, 6.07) is 7.28. The lowest BCUT2D eigenvalue weighted by Gasteiger charge is -2.40. The van der Waals surface area contributed by atoms with Gasteiger partial charge in [0.1, 0.15) is 0 Å². The molecule has 1 aromatic carbocycles. The topological polar surface area (TPSA) is 21.7 Å². The van der Waals surface area contributed by atoms with E-state index in [1.807, 2.05) is 17.4 Å². The van der Waals surface area contributed by atoms with Crippen LogP contribution in [0.25, 0.3) is 0 Å². The standard InChI is InChI=1S/C20H25NO2S/c1-4-5-14-11-15-17-10-13-6-7-18(22-2)20(23-3)16(13)12-21(17)9-8-19(15)24-14/h6-7,11,17H,4-5,8-10,12H2,1-3H3/t17-/m0/s1. The molecule has 0 bridgehead atoms. The lowest BCUT2D eigenvalue weighted by atomic mass is 9.86. The molecule has 2 aliphatic heterocycles. The minimum absolute atomic E-state index is 0.529. The van der Waals surface area contributed by atoms with Crippen molar-refractivity contribution in [3.63, 3.8) is 0 Å². The van der Waals surface area contributed by atoms with Gasteiger partial charge in [-0.15, -0.1) is 11.3 Å². The Bertz CT molecular complexity index is 752. The molecule has 0 saturated heterocycles. The van der Waals surface area contributed by atoms with Crippen LogP contribution in [0.3, 0.4) is 0 Å². The van der Waals surface area contributed by atoms with E-state index in [-0.39, 0.29) is 0 Å². The fraction of sp³-hybridized carbons (Fsp3) is 0.500. The van der Waals surface area contributed by atoms with Crippen molar-refractivity contribution in [1.82, 2.24) is 4.90 Å². The average molecular weight is 343 g/mol. The van der Waals surface area contributed by atoms with Gasteiger partial charge >= 0.3 is 0 Å². The van der Waals surface area contributed by atoms with Gasteiger partial charge in [0.25, 0.3) is 0 Å². The first-order valence-corrected chi connectivity index (χ1v) is 9.65. The minimum atomic E-state index is 0.529. The zero-order valence-corrected chi connectivity index (χ0v) is 15.5. The highest BCUT2D eigenvalue weighted by Gasteiger charge is 2.35. The monoisotopic (exact) mass is 343 g/mol. The lowest BCUT2D eigenvalue weighted by molar-refractivity contribution is 0.159. The second kappa shape index (κ2) is 6.41. The Morgan fingerprint density at radius 2 is 2.12 bits per heavy atom. The number of methoxy groups -OCH3 is 2. The summed E-state index contributed by atoms with van der Waals surface area (Å²) in [5, 5.41) is 0. The van der Waals surface area contributed by atoms with Crippen molar-refractivity contribution in [1.29, 1.82) is 0 Å². The maximum atomic E-state index is 5.67. The minimum Gasteiger partial charge on any atom is -0.493 e. The first-order valence-electron chi connectivity index (χ1n) is 8.83. The van der Waals surface area contributed by atoms with E-state index in [4.69, 9.17) is 9.47 Å². The molecular formula is C20H25NO2S. The quantitative estimate of drug-likeness (QED) is 0.823. The van der Waals surface area contributed by atoms with Crippen molar-refractivity contribution in [2.24, 2.45) is 0 Å². The molecule has 0 amide bonds. The highest BCUT2D eigenvalue weighted by atomic mass is 32.1. The van der Waals surface area contributed by atoms with Crippen LogP contribution < -0.4 is 9.47 Å². The zero-order chi connectivity index (χ0) is 16.7. The molecule has 3 heterocycles. The predicted molar refractivity (Wildman–Crippen MR) is 98.4 cm³/mol. The number of hydrogen-bond acceptors (Lipinski definition) is 4. The van der Waals surface area contributed by atoms with E-state index in [0.717, 1.165) is 31.0 Å². The Balaban J connectivity index is 1.71. The van der Waals surface area contributed by atoms with Gasteiger partial charge in [-0.25, -0.2) is 0 Å². The number of rotatable bonds is 4. The lowest BCUT2D eigenvalue weighted by Crippen LogP contribution is -2.38. The molecule has 2 aromatic rings. The van der Waals surface area contributed by atoms with Gasteiger partial charge in [0.05, 0.1) is 14.2 Å². The maximum Gasteiger partial charge on any atom is 0.165 e. The Kier molecular flexibility index (Phi) is 4.27. The molecule has 1 atom stereocenters. The second-order valence-electron chi connectivity index (χ2n) is 6.72. The summed E-state index contributed by atoms with van der Waals surface area (Å²) in [5.41, 5.74) is 4.29. The predicted octanol–water partition coefficient (Wildman–Crippen LogP) is 4.37. The van der Waals surface area contributed by atoms with Gasteiger partial charge < -0.3 is 9.47 Å². The highest BCUT2D eigenvalue weighted by Crippen LogP contribution is 2.45. The maximum absolute atomic E-state index is 5.67. The molecule has 0 radical (unpaired) electrons. The van der Waals surface area contributed by atoms with Crippen LogP contribution >= 0.6 is 11.3 Å². The molecule has 0 aliphatic carbocycles. The fourth-order valence-corrected chi connectivity index (χ4v) is 5.50. The molecule has 0 fully saturated rings. The number of hydrogen-bond donors (Lipinski definition) is 0. The number of nitrogens with zero attached hydrogens (tertiary/aromatic N) is 1. The number of ether oxygens (including phenoxy) is 2. The summed E-state index contributed by atoms with van der Waals surface area (Å²) in [6.45, 7) is 4.36. The van der Waals surface area contributed by atoms with E-state index in [2.05, 4.69) is 24.0 Å². The summed E-state index contributed by atoms with van der Waals surface area (Å²) in [4.78, 5) is 5.79. The Morgan fingerprint density at radius 3 is 2.88 bits per heavy atom. The zero-order valence-electron chi connectivity index (χ0n) is 14.7. The normalized spacial score (nSPS) is 19.4. The molecule has 0 spiro atoms. The molecule has 0 N–H and O–H groups in total. The SMILES string of the molecule is CCCc1cc2c(s1)CCN1Cc3c(ccc(OC)c3OC)C[C@@H]21. The van der Waals surface area contributed by atoms with E-state index >= 15 is 0 Å². The van der Waals surface area contributed by atoms with Crippen LogP contribution in [0, 0.1) is 0 Å². The van der Waals surface area contributed by atoms with Crippen molar-refractivity contribution in [2.75, 3.05) is 20.8 Å². The van der Waals surface area contributed by atoms with E-state index in [1.54, 1.807) is 29.5 Å². The van der Waals surface area contributed by atoms with E-state index < -0.39 is 0 Å². The average Bonchev–Trinajstić information content (AvgIpc) is 3.02. The summed E-state index contributed by atoms with van der Waals surface area (Å²) in [5.74, 6) is 1.75. The number of fused-ring (bicyclic) bond motifs is 4.